The average molecular weight is 338 g/mol. The van der Waals surface area contributed by atoms with E-state index in [1.54, 1.807) is 6.33 Å². The first-order valence-electron chi connectivity index (χ1n) is 8.87. The maximum absolute atomic E-state index is 12.7. The smallest absolute Gasteiger partial charge is 0.254 e. The zero-order chi connectivity index (χ0) is 17.2. The Labute approximate surface area is 146 Å². The fourth-order valence-corrected chi connectivity index (χ4v) is 3.63. The summed E-state index contributed by atoms with van der Waals surface area (Å²) in [6, 6.07) is 5.51. The Kier molecular flexibility index (Phi) is 4.26. The molecule has 1 atom stereocenters. The second-order valence-corrected chi connectivity index (χ2v) is 6.78. The molecular weight excluding hydrogens is 316 g/mol. The number of nitrogens with one attached hydrogen (secondary N) is 1. The highest BCUT2D eigenvalue weighted by Gasteiger charge is 2.26. The van der Waals surface area contributed by atoms with E-state index in [0.717, 1.165) is 23.9 Å². The van der Waals surface area contributed by atoms with E-state index in [1.807, 2.05) is 28.0 Å². The molecule has 1 aliphatic heterocycles. The SMILES string of the molecule is O=C(CC1C=CCC1)N1CCN(C(=O)c2ccc3nc[nH]c3c2)CC1. The van der Waals surface area contributed by atoms with Crippen LogP contribution in [0.5, 0.6) is 0 Å². The number of amides is 2. The summed E-state index contributed by atoms with van der Waals surface area (Å²) in [7, 11) is 0. The summed E-state index contributed by atoms with van der Waals surface area (Å²) >= 11 is 0. The van der Waals surface area contributed by atoms with Gasteiger partial charge in [-0.25, -0.2) is 4.98 Å². The number of H-pyrrole nitrogens is 1. The largest absolute Gasteiger partial charge is 0.345 e. The predicted octanol–water partition coefficient (Wildman–Crippen LogP) is 2.20. The maximum Gasteiger partial charge on any atom is 0.254 e. The number of nitrogens with zero attached hydrogens (tertiary/aromatic N) is 3. The standard InChI is InChI=1S/C19H22N4O2/c24-18(11-14-3-1-2-4-14)22-7-9-23(10-8-22)19(25)15-5-6-16-17(12-15)21-13-20-16/h1,3,5-6,12-14H,2,4,7-11H2,(H,20,21). The molecule has 2 amide bonds. The van der Waals surface area contributed by atoms with Gasteiger partial charge in [0, 0.05) is 38.2 Å². The van der Waals surface area contributed by atoms with E-state index in [9.17, 15) is 9.59 Å². The van der Waals surface area contributed by atoms with E-state index in [-0.39, 0.29) is 11.8 Å². The summed E-state index contributed by atoms with van der Waals surface area (Å²) in [6.07, 6.45) is 8.71. The molecule has 130 valence electrons. The molecule has 1 aromatic heterocycles. The fraction of sp³-hybridized carbons (Fsp3) is 0.421. The summed E-state index contributed by atoms with van der Waals surface area (Å²) in [5.41, 5.74) is 2.38. The number of hydrogen-bond donors (Lipinski definition) is 1. The molecule has 1 aliphatic carbocycles. The van der Waals surface area contributed by atoms with E-state index >= 15 is 0 Å². The number of carbonyl (C=O) groups is 2. The molecule has 1 aromatic carbocycles. The van der Waals surface area contributed by atoms with E-state index in [0.29, 0.717) is 44.1 Å². The minimum Gasteiger partial charge on any atom is -0.345 e. The number of piperazine rings is 1. The van der Waals surface area contributed by atoms with E-state index in [2.05, 4.69) is 22.1 Å². The van der Waals surface area contributed by atoms with E-state index in [1.165, 1.54) is 0 Å². The highest BCUT2D eigenvalue weighted by Crippen LogP contribution is 2.22. The van der Waals surface area contributed by atoms with E-state index < -0.39 is 0 Å². The summed E-state index contributed by atoms with van der Waals surface area (Å²) in [6.45, 7) is 2.42. The highest BCUT2D eigenvalue weighted by atomic mass is 16.2. The van der Waals surface area contributed by atoms with Gasteiger partial charge in [0.15, 0.2) is 0 Å². The van der Waals surface area contributed by atoms with Crippen molar-refractivity contribution in [2.75, 3.05) is 26.2 Å². The van der Waals surface area contributed by atoms with Gasteiger partial charge in [0.05, 0.1) is 17.4 Å². The van der Waals surface area contributed by atoms with Crippen molar-refractivity contribution < 1.29 is 9.59 Å². The van der Waals surface area contributed by atoms with Crippen LogP contribution in [0.4, 0.5) is 0 Å². The lowest BCUT2D eigenvalue weighted by Gasteiger charge is -2.35. The van der Waals surface area contributed by atoms with Crippen molar-refractivity contribution in [1.82, 2.24) is 19.8 Å². The molecule has 4 rings (SSSR count). The second kappa shape index (κ2) is 6.70. The number of aromatic amines is 1. The van der Waals surface area contributed by atoms with Gasteiger partial charge in [-0.15, -0.1) is 0 Å². The van der Waals surface area contributed by atoms with Crippen molar-refractivity contribution >= 4 is 22.8 Å². The molecule has 6 heteroatoms. The number of rotatable bonds is 3. The van der Waals surface area contributed by atoms with Crippen molar-refractivity contribution in [2.45, 2.75) is 19.3 Å². The first kappa shape index (κ1) is 15.9. The molecule has 0 bridgehead atoms. The molecule has 0 spiro atoms. The van der Waals surface area contributed by atoms with Crippen LogP contribution in [0.15, 0.2) is 36.7 Å². The quantitative estimate of drug-likeness (QED) is 0.872. The monoisotopic (exact) mass is 338 g/mol. The van der Waals surface area contributed by atoms with Crippen LogP contribution >= 0.6 is 0 Å². The number of aromatic nitrogens is 2. The molecule has 2 aromatic rings. The number of allylic oxidation sites excluding steroid dienone is 2. The Balaban J connectivity index is 1.35. The first-order chi connectivity index (χ1) is 12.2. The van der Waals surface area contributed by atoms with E-state index in [4.69, 9.17) is 0 Å². The van der Waals surface area contributed by atoms with Crippen molar-refractivity contribution in [3.8, 4) is 0 Å². The second-order valence-electron chi connectivity index (χ2n) is 6.78. The lowest BCUT2D eigenvalue weighted by molar-refractivity contribution is -0.133. The van der Waals surface area contributed by atoms with Crippen LogP contribution in [0.2, 0.25) is 0 Å². The van der Waals surface area contributed by atoms with Gasteiger partial charge in [0.2, 0.25) is 5.91 Å². The van der Waals surface area contributed by atoms with Crippen molar-refractivity contribution in [3.05, 3.63) is 42.2 Å². The van der Waals surface area contributed by atoms with Crippen LogP contribution in [0.3, 0.4) is 0 Å². The summed E-state index contributed by atoms with van der Waals surface area (Å²) in [5, 5.41) is 0. The molecule has 1 saturated heterocycles. The van der Waals surface area contributed by atoms with Gasteiger partial charge in [-0.3, -0.25) is 9.59 Å². The highest BCUT2D eigenvalue weighted by molar-refractivity contribution is 5.97. The molecular formula is C19H22N4O2. The minimum absolute atomic E-state index is 0.0160. The predicted molar refractivity (Wildman–Crippen MR) is 95.1 cm³/mol. The Bertz CT molecular complexity index is 818. The fourth-order valence-electron chi connectivity index (χ4n) is 3.63. The summed E-state index contributed by atoms with van der Waals surface area (Å²) in [5.74, 6) is 0.623. The first-order valence-corrected chi connectivity index (χ1v) is 8.87. The van der Waals surface area contributed by atoms with Gasteiger partial charge in [0.25, 0.3) is 5.91 Å². The number of benzene rings is 1. The molecule has 0 radical (unpaired) electrons. The van der Waals surface area contributed by atoms with Gasteiger partial charge >= 0.3 is 0 Å². The van der Waals surface area contributed by atoms with Gasteiger partial charge in [0.1, 0.15) is 0 Å². The molecule has 1 N–H and O–H groups in total. The Hall–Kier alpha value is -2.63. The molecule has 2 aliphatic rings. The summed E-state index contributed by atoms with van der Waals surface area (Å²) in [4.78, 5) is 36.0. The number of fused-ring (bicyclic) bond motifs is 1. The molecule has 2 heterocycles. The third kappa shape index (κ3) is 3.29. The molecule has 6 nitrogen and oxygen atoms in total. The van der Waals surface area contributed by atoms with Gasteiger partial charge in [-0.05, 0) is 37.0 Å². The van der Waals surface area contributed by atoms with Crippen molar-refractivity contribution in [2.24, 2.45) is 5.92 Å². The molecule has 0 saturated carbocycles. The summed E-state index contributed by atoms with van der Waals surface area (Å²) < 4.78 is 0. The van der Waals surface area contributed by atoms with Crippen LogP contribution in [0.25, 0.3) is 11.0 Å². The third-order valence-corrected chi connectivity index (χ3v) is 5.14. The molecule has 25 heavy (non-hydrogen) atoms. The number of hydrogen-bond acceptors (Lipinski definition) is 3. The van der Waals surface area contributed by atoms with Crippen molar-refractivity contribution in [3.63, 3.8) is 0 Å². The zero-order valence-electron chi connectivity index (χ0n) is 14.1. The molecule has 1 unspecified atom stereocenters. The zero-order valence-corrected chi connectivity index (χ0v) is 14.1. The Morgan fingerprint density at radius 2 is 1.96 bits per heavy atom. The van der Waals surface area contributed by atoms with Gasteiger partial charge < -0.3 is 14.8 Å². The minimum atomic E-state index is 0.0160. The third-order valence-electron chi connectivity index (χ3n) is 5.14. The Morgan fingerprint density at radius 1 is 1.16 bits per heavy atom. The van der Waals surface area contributed by atoms with Crippen molar-refractivity contribution in [1.29, 1.82) is 0 Å². The van der Waals surface area contributed by atoms with Crippen LogP contribution in [0.1, 0.15) is 29.6 Å². The van der Waals surface area contributed by atoms with Gasteiger partial charge in [-0.1, -0.05) is 12.2 Å². The van der Waals surface area contributed by atoms with Gasteiger partial charge in [-0.2, -0.15) is 0 Å². The Morgan fingerprint density at radius 3 is 2.72 bits per heavy atom. The van der Waals surface area contributed by atoms with Crippen LogP contribution < -0.4 is 0 Å². The lowest BCUT2D eigenvalue weighted by atomic mass is 10.0. The lowest BCUT2D eigenvalue weighted by Crippen LogP contribution is -2.50. The van der Waals surface area contributed by atoms with Crippen LogP contribution in [-0.4, -0.2) is 57.8 Å². The average Bonchev–Trinajstić information content (AvgIpc) is 3.32. The number of carbonyl (C=O) groups excluding carboxylic acids is 2. The maximum atomic E-state index is 12.7. The topological polar surface area (TPSA) is 69.3 Å². The van der Waals surface area contributed by atoms with Crippen LogP contribution in [-0.2, 0) is 4.79 Å². The molecule has 1 fully saturated rings. The number of imidazole rings is 1. The normalized spacial score (nSPS) is 20.4. The van der Waals surface area contributed by atoms with Crippen LogP contribution in [0, 0.1) is 5.92 Å².